The number of nitrogens with zero attached hydrogens (tertiary/aromatic N) is 2. The maximum absolute atomic E-state index is 13.1. The van der Waals surface area contributed by atoms with Crippen LogP contribution in [0.1, 0.15) is 15.9 Å². The number of rotatable bonds is 3. The number of amides is 1. The third-order valence-corrected chi connectivity index (χ3v) is 5.69. The highest BCUT2D eigenvalue weighted by Gasteiger charge is 2.23. The molecule has 5 rings (SSSR count). The van der Waals surface area contributed by atoms with Crippen LogP contribution in [0.3, 0.4) is 0 Å². The predicted octanol–water partition coefficient (Wildman–Crippen LogP) is 3.57. The number of piperazine rings is 1. The van der Waals surface area contributed by atoms with Gasteiger partial charge in [-0.05, 0) is 34.5 Å². The first-order valence-corrected chi connectivity index (χ1v) is 10.2. The minimum Gasteiger partial charge on any atom is -0.486 e. The quantitative estimate of drug-likeness (QED) is 0.688. The maximum atomic E-state index is 13.1. The summed E-state index contributed by atoms with van der Waals surface area (Å²) in [6.45, 7) is 5.28. The van der Waals surface area contributed by atoms with Gasteiger partial charge in [-0.3, -0.25) is 9.69 Å². The zero-order valence-corrected chi connectivity index (χ0v) is 16.3. The van der Waals surface area contributed by atoms with E-state index in [2.05, 4.69) is 29.2 Å². The van der Waals surface area contributed by atoms with Gasteiger partial charge < -0.3 is 14.4 Å². The van der Waals surface area contributed by atoms with Crippen molar-refractivity contribution in [3.05, 3.63) is 71.8 Å². The summed E-state index contributed by atoms with van der Waals surface area (Å²) >= 11 is 0. The van der Waals surface area contributed by atoms with Gasteiger partial charge in [-0.1, -0.05) is 42.5 Å². The third kappa shape index (κ3) is 3.66. The summed E-state index contributed by atoms with van der Waals surface area (Å²) in [5, 5.41) is 2.13. The molecular weight excluding hydrogens is 364 g/mol. The van der Waals surface area contributed by atoms with E-state index in [9.17, 15) is 4.79 Å². The molecule has 0 bridgehead atoms. The summed E-state index contributed by atoms with van der Waals surface area (Å²) in [7, 11) is 0. The van der Waals surface area contributed by atoms with Crippen LogP contribution in [0.15, 0.2) is 60.7 Å². The van der Waals surface area contributed by atoms with Crippen molar-refractivity contribution in [3.8, 4) is 11.5 Å². The normalized spacial score (nSPS) is 16.8. The first-order valence-electron chi connectivity index (χ1n) is 10.2. The van der Waals surface area contributed by atoms with Crippen molar-refractivity contribution in [2.75, 3.05) is 39.4 Å². The molecule has 1 fully saturated rings. The lowest BCUT2D eigenvalue weighted by Crippen LogP contribution is -2.48. The SMILES string of the molecule is O=C(c1cccc2ccccc12)N1CCN(Cc2ccc3c(c2)OCCO3)CC1. The highest BCUT2D eigenvalue weighted by molar-refractivity contribution is 6.07. The van der Waals surface area contributed by atoms with Crippen LogP contribution in [0.5, 0.6) is 11.5 Å². The van der Waals surface area contributed by atoms with E-state index in [1.165, 1.54) is 5.56 Å². The molecule has 0 atom stereocenters. The molecule has 1 amide bonds. The van der Waals surface area contributed by atoms with Crippen LogP contribution < -0.4 is 9.47 Å². The average molecular weight is 388 g/mol. The first-order chi connectivity index (χ1) is 14.3. The molecule has 0 unspecified atom stereocenters. The van der Waals surface area contributed by atoms with E-state index in [1.54, 1.807) is 0 Å². The second kappa shape index (κ2) is 7.76. The van der Waals surface area contributed by atoms with Crippen molar-refractivity contribution in [1.82, 2.24) is 9.80 Å². The Balaban J connectivity index is 1.24. The molecule has 2 heterocycles. The van der Waals surface area contributed by atoms with Crippen molar-refractivity contribution in [2.24, 2.45) is 0 Å². The molecule has 0 radical (unpaired) electrons. The van der Waals surface area contributed by atoms with Gasteiger partial charge in [-0.25, -0.2) is 0 Å². The van der Waals surface area contributed by atoms with Crippen LogP contribution in [-0.2, 0) is 6.54 Å². The Morgan fingerprint density at radius 1 is 0.828 bits per heavy atom. The van der Waals surface area contributed by atoms with Crippen LogP contribution in [-0.4, -0.2) is 55.1 Å². The molecule has 0 aromatic heterocycles. The maximum Gasteiger partial charge on any atom is 0.254 e. The van der Waals surface area contributed by atoms with Gasteiger partial charge in [0.05, 0.1) is 0 Å². The molecule has 148 valence electrons. The highest BCUT2D eigenvalue weighted by atomic mass is 16.6. The molecule has 3 aromatic carbocycles. The monoisotopic (exact) mass is 388 g/mol. The number of ether oxygens (including phenoxy) is 2. The van der Waals surface area contributed by atoms with Crippen molar-refractivity contribution in [1.29, 1.82) is 0 Å². The van der Waals surface area contributed by atoms with Crippen LogP contribution >= 0.6 is 0 Å². The van der Waals surface area contributed by atoms with E-state index in [-0.39, 0.29) is 5.91 Å². The first kappa shape index (κ1) is 18.0. The minimum absolute atomic E-state index is 0.126. The minimum atomic E-state index is 0.126. The van der Waals surface area contributed by atoms with Gasteiger partial charge in [0.1, 0.15) is 13.2 Å². The number of hydrogen-bond acceptors (Lipinski definition) is 4. The van der Waals surface area contributed by atoms with Gasteiger partial charge in [0, 0.05) is 38.3 Å². The third-order valence-electron chi connectivity index (χ3n) is 5.69. The smallest absolute Gasteiger partial charge is 0.254 e. The van der Waals surface area contributed by atoms with Gasteiger partial charge in [0.25, 0.3) is 5.91 Å². The summed E-state index contributed by atoms with van der Waals surface area (Å²) in [5.74, 6) is 1.78. The topological polar surface area (TPSA) is 42.0 Å². The highest BCUT2D eigenvalue weighted by Crippen LogP contribution is 2.31. The Labute approximate surface area is 170 Å². The van der Waals surface area contributed by atoms with E-state index in [1.807, 2.05) is 41.3 Å². The lowest BCUT2D eigenvalue weighted by atomic mass is 10.0. The zero-order chi connectivity index (χ0) is 19.6. The van der Waals surface area contributed by atoms with Crippen molar-refractivity contribution in [2.45, 2.75) is 6.54 Å². The van der Waals surface area contributed by atoms with Gasteiger partial charge in [0.2, 0.25) is 0 Å². The van der Waals surface area contributed by atoms with E-state index in [0.717, 1.165) is 60.6 Å². The van der Waals surface area contributed by atoms with Crippen LogP contribution in [0.25, 0.3) is 10.8 Å². The second-order valence-corrected chi connectivity index (χ2v) is 7.57. The molecule has 0 N–H and O–H groups in total. The Hall–Kier alpha value is -3.05. The number of carbonyl (C=O) groups excluding carboxylic acids is 1. The van der Waals surface area contributed by atoms with Gasteiger partial charge in [0.15, 0.2) is 11.5 Å². The van der Waals surface area contributed by atoms with E-state index >= 15 is 0 Å². The lowest BCUT2D eigenvalue weighted by molar-refractivity contribution is 0.0630. The number of carbonyl (C=O) groups is 1. The fourth-order valence-corrected chi connectivity index (χ4v) is 4.14. The average Bonchev–Trinajstić information content (AvgIpc) is 2.79. The largest absolute Gasteiger partial charge is 0.486 e. The summed E-state index contributed by atoms with van der Waals surface area (Å²) in [6.07, 6.45) is 0. The molecular formula is C24H24N2O3. The summed E-state index contributed by atoms with van der Waals surface area (Å²) in [6, 6.07) is 20.2. The molecule has 5 nitrogen and oxygen atoms in total. The summed E-state index contributed by atoms with van der Waals surface area (Å²) < 4.78 is 11.3. The van der Waals surface area contributed by atoms with Crippen molar-refractivity contribution in [3.63, 3.8) is 0 Å². The fraction of sp³-hybridized carbons (Fsp3) is 0.292. The van der Waals surface area contributed by atoms with Gasteiger partial charge in [-0.2, -0.15) is 0 Å². The van der Waals surface area contributed by atoms with Gasteiger partial charge >= 0.3 is 0 Å². The zero-order valence-electron chi connectivity index (χ0n) is 16.3. The molecule has 29 heavy (non-hydrogen) atoms. The second-order valence-electron chi connectivity index (χ2n) is 7.57. The van der Waals surface area contributed by atoms with Crippen molar-refractivity contribution < 1.29 is 14.3 Å². The summed E-state index contributed by atoms with van der Waals surface area (Å²) in [4.78, 5) is 17.5. The van der Waals surface area contributed by atoms with Gasteiger partial charge in [-0.15, -0.1) is 0 Å². The molecule has 1 saturated heterocycles. The lowest BCUT2D eigenvalue weighted by Gasteiger charge is -2.35. The van der Waals surface area contributed by atoms with E-state index in [0.29, 0.717) is 13.2 Å². The Morgan fingerprint density at radius 3 is 2.45 bits per heavy atom. The summed E-state index contributed by atoms with van der Waals surface area (Å²) in [5.41, 5.74) is 2.01. The fourth-order valence-electron chi connectivity index (χ4n) is 4.14. The number of benzene rings is 3. The molecule has 0 saturated carbocycles. The number of fused-ring (bicyclic) bond motifs is 2. The van der Waals surface area contributed by atoms with Crippen LogP contribution in [0.2, 0.25) is 0 Å². The van der Waals surface area contributed by atoms with E-state index in [4.69, 9.17) is 9.47 Å². The molecule has 2 aliphatic rings. The van der Waals surface area contributed by atoms with Crippen LogP contribution in [0, 0.1) is 0 Å². The Kier molecular flexibility index (Phi) is 4.82. The van der Waals surface area contributed by atoms with Crippen LogP contribution in [0.4, 0.5) is 0 Å². The van der Waals surface area contributed by atoms with E-state index < -0.39 is 0 Å². The molecule has 2 aliphatic heterocycles. The molecule has 5 heteroatoms. The Morgan fingerprint density at radius 2 is 1.59 bits per heavy atom. The predicted molar refractivity (Wildman–Crippen MR) is 113 cm³/mol. The standard InChI is InChI=1S/C24H24N2O3/c27-24(21-7-3-5-19-4-1-2-6-20(19)21)26-12-10-25(11-13-26)17-18-8-9-22-23(16-18)29-15-14-28-22/h1-9,16H,10-15,17H2. The number of hydrogen-bond donors (Lipinski definition) is 0. The molecule has 0 aliphatic carbocycles. The van der Waals surface area contributed by atoms with Crippen molar-refractivity contribution >= 4 is 16.7 Å². The molecule has 0 spiro atoms. The Bertz CT molecular complexity index is 1040. The molecule has 3 aromatic rings.